The lowest BCUT2D eigenvalue weighted by atomic mass is 10.2. The van der Waals surface area contributed by atoms with Crippen LogP contribution in [0.15, 0.2) is 24.3 Å². The summed E-state index contributed by atoms with van der Waals surface area (Å²) in [4.78, 5) is 27.1. The van der Waals surface area contributed by atoms with Crippen molar-refractivity contribution in [3.63, 3.8) is 0 Å². The predicted molar refractivity (Wildman–Crippen MR) is 85.3 cm³/mol. The molecular formula is C16H23N3O4. The molecule has 1 aliphatic heterocycles. The fraction of sp³-hybridized carbons (Fsp3) is 0.500. The number of nitrogens with zero attached hydrogens (tertiary/aromatic N) is 2. The largest absolute Gasteiger partial charge is 0.493 e. The average molecular weight is 321 g/mol. The molecule has 1 fully saturated rings. The summed E-state index contributed by atoms with van der Waals surface area (Å²) in [5.41, 5.74) is 5.31. The highest BCUT2D eigenvalue weighted by Gasteiger charge is 2.26. The van der Waals surface area contributed by atoms with Crippen LogP contribution in [-0.2, 0) is 9.59 Å². The molecule has 1 aromatic carbocycles. The topological polar surface area (TPSA) is 85.1 Å². The Kier molecular flexibility index (Phi) is 5.81. The monoisotopic (exact) mass is 321 g/mol. The first-order valence-corrected chi connectivity index (χ1v) is 7.60. The fourth-order valence-electron chi connectivity index (χ4n) is 2.51. The average Bonchev–Trinajstić information content (AvgIpc) is 2.59. The van der Waals surface area contributed by atoms with Gasteiger partial charge < -0.3 is 20.1 Å². The molecule has 2 amide bonds. The summed E-state index contributed by atoms with van der Waals surface area (Å²) in [6.07, 6.45) is 0. The van der Waals surface area contributed by atoms with Gasteiger partial charge in [0.05, 0.1) is 13.2 Å². The standard InChI is InChI=1S/C16H23N3O4/c1-12(16(17)21)18-7-9-19(10-8-18)15(20)11-23-14-6-4-3-5-13(14)22-2/h3-6,12H,7-11H2,1-2H3,(H2,17,21). The highest BCUT2D eigenvalue weighted by molar-refractivity contribution is 5.80. The van der Waals surface area contributed by atoms with Gasteiger partial charge in [-0.15, -0.1) is 0 Å². The van der Waals surface area contributed by atoms with Gasteiger partial charge in [0.2, 0.25) is 5.91 Å². The summed E-state index contributed by atoms with van der Waals surface area (Å²) >= 11 is 0. The van der Waals surface area contributed by atoms with Gasteiger partial charge in [-0.2, -0.15) is 0 Å². The van der Waals surface area contributed by atoms with Crippen molar-refractivity contribution in [1.82, 2.24) is 9.80 Å². The van der Waals surface area contributed by atoms with Crippen LogP contribution in [-0.4, -0.2) is 67.6 Å². The first-order valence-electron chi connectivity index (χ1n) is 7.60. The third kappa shape index (κ3) is 4.35. The molecule has 1 saturated heterocycles. The maximum atomic E-state index is 12.2. The van der Waals surface area contributed by atoms with E-state index >= 15 is 0 Å². The summed E-state index contributed by atoms with van der Waals surface area (Å²) < 4.78 is 10.7. The van der Waals surface area contributed by atoms with Crippen LogP contribution in [0.5, 0.6) is 11.5 Å². The lowest BCUT2D eigenvalue weighted by Gasteiger charge is -2.36. The summed E-state index contributed by atoms with van der Waals surface area (Å²) in [5, 5.41) is 0. The van der Waals surface area contributed by atoms with E-state index in [2.05, 4.69) is 0 Å². The van der Waals surface area contributed by atoms with Crippen molar-refractivity contribution in [2.24, 2.45) is 5.73 Å². The molecular weight excluding hydrogens is 298 g/mol. The van der Waals surface area contributed by atoms with Gasteiger partial charge in [0, 0.05) is 26.2 Å². The summed E-state index contributed by atoms with van der Waals surface area (Å²) in [6.45, 7) is 4.13. The van der Waals surface area contributed by atoms with Crippen LogP contribution >= 0.6 is 0 Å². The summed E-state index contributed by atoms with van der Waals surface area (Å²) in [7, 11) is 1.56. The lowest BCUT2D eigenvalue weighted by molar-refractivity contribution is -0.136. The third-order valence-corrected chi connectivity index (χ3v) is 4.05. The summed E-state index contributed by atoms with van der Waals surface area (Å²) in [5.74, 6) is 0.719. The number of piperazine rings is 1. The second-order valence-corrected chi connectivity index (χ2v) is 5.43. The molecule has 7 heteroatoms. The van der Waals surface area contributed by atoms with Crippen molar-refractivity contribution in [1.29, 1.82) is 0 Å². The minimum Gasteiger partial charge on any atom is -0.493 e. The normalized spacial score (nSPS) is 16.7. The van der Waals surface area contributed by atoms with Crippen LogP contribution in [0, 0.1) is 0 Å². The second-order valence-electron chi connectivity index (χ2n) is 5.43. The Morgan fingerprint density at radius 2 is 1.78 bits per heavy atom. The van der Waals surface area contributed by atoms with Gasteiger partial charge in [0.25, 0.3) is 5.91 Å². The lowest BCUT2D eigenvalue weighted by Crippen LogP contribution is -2.54. The maximum Gasteiger partial charge on any atom is 0.260 e. The van der Waals surface area contributed by atoms with Crippen LogP contribution < -0.4 is 15.2 Å². The smallest absolute Gasteiger partial charge is 0.260 e. The number of rotatable bonds is 6. The van der Waals surface area contributed by atoms with Crippen molar-refractivity contribution < 1.29 is 19.1 Å². The molecule has 1 unspecified atom stereocenters. The quantitative estimate of drug-likeness (QED) is 0.803. The number of nitrogens with two attached hydrogens (primary N) is 1. The van der Waals surface area contributed by atoms with Crippen LogP contribution in [0.3, 0.4) is 0 Å². The number of ether oxygens (including phenoxy) is 2. The molecule has 0 saturated carbocycles. The van der Waals surface area contributed by atoms with Crippen molar-refractivity contribution in [2.75, 3.05) is 39.9 Å². The molecule has 126 valence electrons. The zero-order valence-corrected chi connectivity index (χ0v) is 13.5. The van der Waals surface area contributed by atoms with Gasteiger partial charge in [-0.3, -0.25) is 14.5 Å². The first kappa shape index (κ1) is 17.1. The Hall–Kier alpha value is -2.28. The number of hydrogen-bond acceptors (Lipinski definition) is 5. The molecule has 1 aliphatic rings. The molecule has 1 aromatic rings. The number of methoxy groups -OCH3 is 1. The molecule has 1 heterocycles. The molecule has 1 atom stereocenters. The Labute approximate surface area is 135 Å². The first-order chi connectivity index (χ1) is 11.0. The molecule has 2 rings (SSSR count). The zero-order valence-electron chi connectivity index (χ0n) is 13.5. The van der Waals surface area contributed by atoms with E-state index in [1.54, 1.807) is 31.1 Å². The predicted octanol–water partition coefficient (Wildman–Crippen LogP) is 0.0920. The van der Waals surface area contributed by atoms with E-state index in [0.29, 0.717) is 37.7 Å². The summed E-state index contributed by atoms with van der Waals surface area (Å²) in [6, 6.07) is 6.90. The molecule has 0 aromatic heterocycles. The zero-order chi connectivity index (χ0) is 16.8. The number of carbonyl (C=O) groups excluding carboxylic acids is 2. The third-order valence-electron chi connectivity index (χ3n) is 4.05. The van der Waals surface area contributed by atoms with Gasteiger partial charge in [-0.05, 0) is 19.1 Å². The second kappa shape index (κ2) is 7.82. The molecule has 0 aliphatic carbocycles. The minimum absolute atomic E-state index is 0.0360. The van der Waals surface area contributed by atoms with Crippen molar-refractivity contribution in [2.45, 2.75) is 13.0 Å². The Bertz CT molecular complexity index is 556. The highest BCUT2D eigenvalue weighted by atomic mass is 16.5. The van der Waals surface area contributed by atoms with Gasteiger partial charge in [0.1, 0.15) is 0 Å². The fourth-order valence-corrected chi connectivity index (χ4v) is 2.51. The van der Waals surface area contributed by atoms with Crippen LogP contribution in [0.1, 0.15) is 6.92 Å². The van der Waals surface area contributed by atoms with Gasteiger partial charge in [-0.25, -0.2) is 0 Å². The highest BCUT2D eigenvalue weighted by Crippen LogP contribution is 2.25. The van der Waals surface area contributed by atoms with E-state index in [-0.39, 0.29) is 24.5 Å². The van der Waals surface area contributed by atoms with Crippen LogP contribution in [0.4, 0.5) is 0 Å². The molecule has 0 bridgehead atoms. The van der Waals surface area contributed by atoms with E-state index < -0.39 is 0 Å². The molecule has 23 heavy (non-hydrogen) atoms. The Morgan fingerprint density at radius 3 is 2.35 bits per heavy atom. The van der Waals surface area contributed by atoms with E-state index in [4.69, 9.17) is 15.2 Å². The van der Waals surface area contributed by atoms with Crippen LogP contribution in [0.2, 0.25) is 0 Å². The van der Waals surface area contributed by atoms with Gasteiger partial charge in [-0.1, -0.05) is 12.1 Å². The number of para-hydroxylation sites is 2. The molecule has 2 N–H and O–H groups in total. The van der Waals surface area contributed by atoms with Gasteiger partial charge >= 0.3 is 0 Å². The number of carbonyl (C=O) groups is 2. The Balaban J connectivity index is 1.82. The molecule has 0 radical (unpaired) electrons. The van der Waals surface area contributed by atoms with E-state index in [1.807, 2.05) is 17.0 Å². The van der Waals surface area contributed by atoms with E-state index in [1.165, 1.54) is 0 Å². The molecule has 0 spiro atoms. The Morgan fingerprint density at radius 1 is 1.17 bits per heavy atom. The van der Waals surface area contributed by atoms with Crippen molar-refractivity contribution in [3.8, 4) is 11.5 Å². The van der Waals surface area contributed by atoms with Gasteiger partial charge in [0.15, 0.2) is 18.1 Å². The number of amides is 2. The molecule has 7 nitrogen and oxygen atoms in total. The number of benzene rings is 1. The minimum atomic E-state index is -0.343. The van der Waals surface area contributed by atoms with Crippen LogP contribution in [0.25, 0.3) is 0 Å². The van der Waals surface area contributed by atoms with E-state index in [9.17, 15) is 9.59 Å². The van der Waals surface area contributed by atoms with Crippen molar-refractivity contribution >= 4 is 11.8 Å². The SMILES string of the molecule is COc1ccccc1OCC(=O)N1CCN(C(C)C(N)=O)CC1. The maximum absolute atomic E-state index is 12.2. The number of primary amides is 1. The van der Waals surface area contributed by atoms with Crippen molar-refractivity contribution in [3.05, 3.63) is 24.3 Å². The number of hydrogen-bond donors (Lipinski definition) is 1. The van der Waals surface area contributed by atoms with E-state index in [0.717, 1.165) is 0 Å².